The molecular formula is C16H17N3OS2. The van der Waals surface area contributed by atoms with Crippen molar-refractivity contribution in [1.82, 2.24) is 5.32 Å². The molecule has 0 radical (unpaired) electrons. The fourth-order valence-corrected chi connectivity index (χ4v) is 4.58. The minimum Gasteiger partial charge on any atom is -0.368 e. The quantitative estimate of drug-likeness (QED) is 0.752. The van der Waals surface area contributed by atoms with Gasteiger partial charge in [-0.3, -0.25) is 10.2 Å². The van der Waals surface area contributed by atoms with E-state index in [1.165, 1.54) is 11.8 Å². The third-order valence-corrected chi connectivity index (χ3v) is 5.70. The fourth-order valence-electron chi connectivity index (χ4n) is 2.43. The number of hydrogen-bond donors (Lipinski definition) is 3. The van der Waals surface area contributed by atoms with Crippen LogP contribution in [0, 0.1) is 5.41 Å². The highest BCUT2D eigenvalue weighted by Gasteiger charge is 2.25. The monoisotopic (exact) mass is 331 g/mol. The number of amides is 1. The van der Waals surface area contributed by atoms with Gasteiger partial charge in [-0.05, 0) is 17.5 Å². The predicted molar refractivity (Wildman–Crippen MR) is 94.2 cm³/mol. The van der Waals surface area contributed by atoms with Crippen molar-refractivity contribution < 1.29 is 4.79 Å². The number of thiophene rings is 1. The van der Waals surface area contributed by atoms with Crippen LogP contribution in [0.4, 0.5) is 5.69 Å². The van der Waals surface area contributed by atoms with Crippen molar-refractivity contribution in [3.63, 3.8) is 0 Å². The third kappa shape index (κ3) is 3.03. The highest BCUT2D eigenvalue weighted by Crippen LogP contribution is 2.40. The molecule has 1 aliphatic rings. The number of carbonyl (C=O) groups excluding carboxylic acids is 1. The molecule has 1 atom stereocenters. The van der Waals surface area contributed by atoms with E-state index in [0.29, 0.717) is 12.3 Å². The summed E-state index contributed by atoms with van der Waals surface area (Å²) in [6.07, 6.45) is 0. The van der Waals surface area contributed by atoms with Crippen LogP contribution in [-0.2, 0) is 4.79 Å². The highest BCUT2D eigenvalue weighted by molar-refractivity contribution is 7.99. The van der Waals surface area contributed by atoms with E-state index in [1.54, 1.807) is 23.1 Å². The first kappa shape index (κ1) is 15.1. The molecule has 4 nitrogen and oxygen atoms in total. The van der Waals surface area contributed by atoms with Gasteiger partial charge >= 0.3 is 0 Å². The van der Waals surface area contributed by atoms with Gasteiger partial charge in [0, 0.05) is 40.9 Å². The summed E-state index contributed by atoms with van der Waals surface area (Å²) in [4.78, 5) is 12.1. The summed E-state index contributed by atoms with van der Waals surface area (Å²) in [6.45, 7) is 2.18. The van der Waals surface area contributed by atoms with Gasteiger partial charge in [0.1, 0.15) is 5.37 Å². The number of hydrogen-bond acceptors (Lipinski definition) is 5. The summed E-state index contributed by atoms with van der Waals surface area (Å²) in [6, 6.07) is 9.97. The molecule has 1 unspecified atom stereocenters. The first-order chi connectivity index (χ1) is 10.7. The van der Waals surface area contributed by atoms with E-state index in [1.807, 2.05) is 35.7 Å². The van der Waals surface area contributed by atoms with Gasteiger partial charge in [0.05, 0.1) is 5.71 Å². The molecule has 0 fully saturated rings. The number of thioether (sulfide) groups is 1. The predicted octanol–water partition coefficient (Wildman–Crippen LogP) is 3.46. The fraction of sp³-hybridized carbons (Fsp3) is 0.250. The van der Waals surface area contributed by atoms with Gasteiger partial charge in [-0.2, -0.15) is 0 Å². The Morgan fingerprint density at radius 1 is 1.36 bits per heavy atom. The van der Waals surface area contributed by atoms with Gasteiger partial charge < -0.3 is 10.6 Å². The van der Waals surface area contributed by atoms with Gasteiger partial charge in [-0.25, -0.2) is 0 Å². The Labute approximate surface area is 137 Å². The van der Waals surface area contributed by atoms with Crippen molar-refractivity contribution in [1.29, 1.82) is 5.41 Å². The van der Waals surface area contributed by atoms with E-state index in [2.05, 4.69) is 10.6 Å². The van der Waals surface area contributed by atoms with Gasteiger partial charge in [-0.15, -0.1) is 23.1 Å². The Morgan fingerprint density at radius 3 is 3.00 bits per heavy atom. The van der Waals surface area contributed by atoms with Crippen LogP contribution in [0.25, 0.3) is 0 Å². The lowest BCUT2D eigenvalue weighted by atomic mass is 10.0. The molecule has 3 N–H and O–H groups in total. The normalized spacial score (nSPS) is 16.2. The lowest BCUT2D eigenvalue weighted by molar-refractivity contribution is -0.118. The first-order valence-corrected chi connectivity index (χ1v) is 8.98. The number of benzene rings is 1. The van der Waals surface area contributed by atoms with Crippen molar-refractivity contribution in [3.8, 4) is 0 Å². The van der Waals surface area contributed by atoms with Crippen LogP contribution in [0.15, 0.2) is 35.7 Å². The van der Waals surface area contributed by atoms with Crippen molar-refractivity contribution in [2.24, 2.45) is 0 Å². The summed E-state index contributed by atoms with van der Waals surface area (Å²) in [7, 11) is 0. The molecular weight excluding hydrogens is 314 g/mol. The molecule has 1 aromatic heterocycles. The number of anilines is 1. The average Bonchev–Trinajstić information content (AvgIpc) is 2.95. The maximum Gasteiger partial charge on any atom is 0.216 e. The second-order valence-corrected chi connectivity index (χ2v) is 7.16. The standard InChI is InChI=1S/C16H17N3OS2/c1-10(20)18-7-9-22-16-15-12(6-8-21-15)14(17)11-4-2-3-5-13(11)19-16/h2-6,8,16-17,19H,7,9H2,1H3,(H,18,20). The van der Waals surface area contributed by atoms with Crippen LogP contribution in [0.3, 0.4) is 0 Å². The van der Waals surface area contributed by atoms with Gasteiger partial charge in [-0.1, -0.05) is 18.2 Å². The molecule has 1 aromatic carbocycles. The summed E-state index contributed by atoms with van der Waals surface area (Å²) in [5, 5.41) is 17.0. The Kier molecular flexibility index (Phi) is 4.49. The van der Waals surface area contributed by atoms with E-state index in [9.17, 15) is 4.79 Å². The van der Waals surface area contributed by atoms with Gasteiger partial charge in [0.15, 0.2) is 0 Å². The number of nitrogens with one attached hydrogen (secondary N) is 3. The minimum absolute atomic E-state index is 0.00152. The van der Waals surface area contributed by atoms with Crippen LogP contribution in [-0.4, -0.2) is 23.9 Å². The molecule has 0 spiro atoms. The molecule has 0 saturated heterocycles. The summed E-state index contributed by atoms with van der Waals surface area (Å²) < 4.78 is 0. The number of rotatable bonds is 4. The van der Waals surface area contributed by atoms with Crippen molar-refractivity contribution in [2.45, 2.75) is 12.3 Å². The SMILES string of the molecule is CC(=O)NCCSC1Nc2ccccc2C(=N)c2ccsc21. The van der Waals surface area contributed by atoms with Crippen LogP contribution in [0.1, 0.15) is 28.3 Å². The number of fused-ring (bicyclic) bond motifs is 2. The van der Waals surface area contributed by atoms with E-state index >= 15 is 0 Å². The maximum atomic E-state index is 11.0. The Morgan fingerprint density at radius 2 is 2.18 bits per heavy atom. The zero-order valence-electron chi connectivity index (χ0n) is 12.2. The Hall–Kier alpha value is -1.79. The van der Waals surface area contributed by atoms with Crippen LogP contribution < -0.4 is 10.6 Å². The largest absolute Gasteiger partial charge is 0.368 e. The molecule has 2 aromatic rings. The molecule has 22 heavy (non-hydrogen) atoms. The maximum absolute atomic E-state index is 11.0. The average molecular weight is 331 g/mol. The van der Waals surface area contributed by atoms with Crippen molar-refractivity contribution in [2.75, 3.05) is 17.6 Å². The lowest BCUT2D eigenvalue weighted by Gasteiger charge is -2.18. The summed E-state index contributed by atoms with van der Waals surface area (Å²) >= 11 is 3.43. The second kappa shape index (κ2) is 6.54. The molecule has 0 bridgehead atoms. The molecule has 114 valence electrons. The van der Waals surface area contributed by atoms with Crippen molar-refractivity contribution >= 4 is 40.4 Å². The zero-order valence-corrected chi connectivity index (χ0v) is 13.8. The topological polar surface area (TPSA) is 65.0 Å². The first-order valence-electron chi connectivity index (χ1n) is 7.05. The number of para-hydroxylation sites is 1. The lowest BCUT2D eigenvalue weighted by Crippen LogP contribution is -2.23. The number of carbonyl (C=O) groups is 1. The molecule has 1 amide bonds. The van der Waals surface area contributed by atoms with Gasteiger partial charge in [0.2, 0.25) is 5.91 Å². The van der Waals surface area contributed by atoms with Crippen LogP contribution in [0.2, 0.25) is 0 Å². The Balaban J connectivity index is 1.84. The molecule has 6 heteroatoms. The van der Waals surface area contributed by atoms with E-state index in [0.717, 1.165) is 22.6 Å². The molecule has 1 aliphatic heterocycles. The van der Waals surface area contributed by atoms with Crippen molar-refractivity contribution in [3.05, 3.63) is 51.7 Å². The minimum atomic E-state index is -0.00152. The van der Waals surface area contributed by atoms with Crippen LogP contribution in [0.5, 0.6) is 0 Å². The van der Waals surface area contributed by atoms with Gasteiger partial charge in [0.25, 0.3) is 0 Å². The highest BCUT2D eigenvalue weighted by atomic mass is 32.2. The van der Waals surface area contributed by atoms with Crippen LogP contribution >= 0.6 is 23.1 Å². The zero-order chi connectivity index (χ0) is 15.5. The third-order valence-electron chi connectivity index (χ3n) is 3.45. The second-order valence-electron chi connectivity index (χ2n) is 5.00. The molecule has 0 saturated carbocycles. The summed E-state index contributed by atoms with van der Waals surface area (Å²) in [5.41, 5.74) is 3.50. The van der Waals surface area contributed by atoms with E-state index in [-0.39, 0.29) is 11.3 Å². The molecule has 0 aliphatic carbocycles. The smallest absolute Gasteiger partial charge is 0.216 e. The van der Waals surface area contributed by atoms with E-state index < -0.39 is 0 Å². The Bertz CT molecular complexity index is 711. The molecule has 2 heterocycles. The molecule has 3 rings (SSSR count). The summed E-state index contributed by atoms with van der Waals surface area (Å²) in [5.74, 6) is 0.822. The van der Waals surface area contributed by atoms with E-state index in [4.69, 9.17) is 5.41 Å².